The average molecular weight is 272 g/mol. The normalized spacial score (nSPS) is 12.3. The Kier molecular flexibility index (Phi) is 6.99. The van der Waals surface area contributed by atoms with Gasteiger partial charge >= 0.3 is 0 Å². The summed E-state index contributed by atoms with van der Waals surface area (Å²) in [6.45, 7) is 4.97. The first kappa shape index (κ1) is 13.4. The fourth-order valence-corrected chi connectivity index (χ4v) is 2.94. The minimum Gasteiger partial charge on any atom is -0.212 e. The molecular weight excluding hydrogens is 254 g/mol. The number of hydrogen-bond donors (Lipinski definition) is 0. The summed E-state index contributed by atoms with van der Waals surface area (Å²) in [4.78, 5) is 0. The van der Waals surface area contributed by atoms with E-state index in [2.05, 4.69) is 15.9 Å². The molecule has 0 aliphatic rings. The number of sulfonamides is 1. The van der Waals surface area contributed by atoms with Gasteiger partial charge in [0.2, 0.25) is 10.0 Å². The predicted molar refractivity (Wildman–Crippen MR) is 59.7 cm³/mol. The molecule has 0 atom stereocenters. The third-order valence-electron chi connectivity index (χ3n) is 1.75. The molecule has 0 aliphatic heterocycles. The van der Waals surface area contributed by atoms with Crippen LogP contribution in [-0.2, 0) is 10.0 Å². The van der Waals surface area contributed by atoms with Crippen molar-refractivity contribution >= 4 is 26.0 Å². The summed E-state index contributed by atoms with van der Waals surface area (Å²) in [5.74, 6) is 0.267. The Bertz CT molecular complexity index is 216. The third-order valence-corrected chi connectivity index (χ3v) is 4.46. The molecular formula is C8H18BrNO2S. The molecule has 0 aromatic rings. The van der Waals surface area contributed by atoms with Crippen LogP contribution in [0.2, 0.25) is 0 Å². The van der Waals surface area contributed by atoms with Crippen molar-refractivity contribution in [3.63, 3.8) is 0 Å². The van der Waals surface area contributed by atoms with E-state index in [9.17, 15) is 8.42 Å². The first-order chi connectivity index (χ1) is 6.08. The van der Waals surface area contributed by atoms with Gasteiger partial charge in [0, 0.05) is 18.4 Å². The van der Waals surface area contributed by atoms with Gasteiger partial charge in [0.1, 0.15) is 0 Å². The van der Waals surface area contributed by atoms with Gasteiger partial charge < -0.3 is 0 Å². The molecule has 13 heavy (non-hydrogen) atoms. The van der Waals surface area contributed by atoms with E-state index in [4.69, 9.17) is 0 Å². The summed E-state index contributed by atoms with van der Waals surface area (Å²) in [5.41, 5.74) is 0. The molecule has 0 rings (SSSR count). The quantitative estimate of drug-likeness (QED) is 0.663. The molecule has 80 valence electrons. The maximum absolute atomic E-state index is 11.6. The van der Waals surface area contributed by atoms with Crippen molar-refractivity contribution in [1.82, 2.24) is 4.31 Å². The first-order valence-electron chi connectivity index (χ1n) is 4.62. The van der Waals surface area contributed by atoms with Crippen LogP contribution >= 0.6 is 15.9 Å². The summed E-state index contributed by atoms with van der Waals surface area (Å²) < 4.78 is 24.7. The minimum absolute atomic E-state index is 0.267. The average Bonchev–Trinajstić information content (AvgIpc) is 2.05. The van der Waals surface area contributed by atoms with Gasteiger partial charge in [0.25, 0.3) is 0 Å². The van der Waals surface area contributed by atoms with E-state index in [0.29, 0.717) is 19.5 Å². The van der Waals surface area contributed by atoms with Crippen LogP contribution in [0.5, 0.6) is 0 Å². The largest absolute Gasteiger partial charge is 0.214 e. The highest BCUT2D eigenvalue weighted by atomic mass is 79.9. The number of halogens is 1. The number of alkyl halides is 1. The highest BCUT2D eigenvalue weighted by Crippen LogP contribution is 2.04. The minimum atomic E-state index is -2.98. The van der Waals surface area contributed by atoms with E-state index in [-0.39, 0.29) is 5.75 Å². The summed E-state index contributed by atoms with van der Waals surface area (Å²) in [5, 5.41) is 0.852. The van der Waals surface area contributed by atoms with Crippen molar-refractivity contribution < 1.29 is 8.42 Å². The highest BCUT2D eigenvalue weighted by molar-refractivity contribution is 9.09. The van der Waals surface area contributed by atoms with Crippen LogP contribution in [0, 0.1) is 0 Å². The van der Waals surface area contributed by atoms with Gasteiger partial charge in [0.05, 0.1) is 5.75 Å². The Morgan fingerprint density at radius 3 is 2.31 bits per heavy atom. The van der Waals surface area contributed by atoms with Crippen molar-refractivity contribution in [3.05, 3.63) is 0 Å². The van der Waals surface area contributed by atoms with Crippen LogP contribution in [0.3, 0.4) is 0 Å². The molecule has 0 aliphatic carbocycles. The Balaban J connectivity index is 4.20. The molecule has 0 N–H and O–H groups in total. The first-order valence-corrected chi connectivity index (χ1v) is 7.35. The molecule has 0 spiro atoms. The lowest BCUT2D eigenvalue weighted by Crippen LogP contribution is -2.33. The number of rotatable bonds is 7. The second-order valence-corrected chi connectivity index (χ2v) is 5.73. The molecule has 0 radical (unpaired) electrons. The summed E-state index contributed by atoms with van der Waals surface area (Å²) in [7, 11) is -2.98. The monoisotopic (exact) mass is 271 g/mol. The molecule has 0 aromatic carbocycles. The number of nitrogens with zero attached hydrogens (tertiary/aromatic N) is 1. The van der Waals surface area contributed by atoms with E-state index in [1.54, 1.807) is 4.31 Å². The second kappa shape index (κ2) is 6.79. The Morgan fingerprint density at radius 1 is 1.31 bits per heavy atom. The maximum atomic E-state index is 11.6. The second-order valence-electron chi connectivity index (χ2n) is 2.85. The molecule has 0 amide bonds. The van der Waals surface area contributed by atoms with Crippen molar-refractivity contribution in [1.29, 1.82) is 0 Å². The molecule has 0 heterocycles. The molecule has 0 saturated carbocycles. The topological polar surface area (TPSA) is 37.4 Å². The molecule has 0 aromatic heterocycles. The van der Waals surface area contributed by atoms with Gasteiger partial charge in [-0.3, -0.25) is 0 Å². The predicted octanol–water partition coefficient (Wildman–Crippen LogP) is 1.83. The van der Waals surface area contributed by atoms with E-state index in [1.165, 1.54) is 0 Å². The lowest BCUT2D eigenvalue weighted by atomic mass is 10.5. The standard InChI is InChI=1S/C8H18BrNO2S/c1-3-8-13(11,12)10(4-2)7-5-6-9/h3-8H2,1-2H3. The van der Waals surface area contributed by atoms with Gasteiger partial charge in [-0.2, -0.15) is 0 Å². The molecule has 0 bridgehead atoms. The highest BCUT2D eigenvalue weighted by Gasteiger charge is 2.17. The number of hydrogen-bond acceptors (Lipinski definition) is 2. The van der Waals surface area contributed by atoms with Gasteiger partial charge in [-0.1, -0.05) is 29.8 Å². The van der Waals surface area contributed by atoms with Crippen molar-refractivity contribution in [2.75, 3.05) is 24.2 Å². The van der Waals surface area contributed by atoms with Crippen LogP contribution in [0.1, 0.15) is 26.7 Å². The van der Waals surface area contributed by atoms with Crippen molar-refractivity contribution in [3.8, 4) is 0 Å². The van der Waals surface area contributed by atoms with Crippen LogP contribution < -0.4 is 0 Å². The Hall–Kier alpha value is 0.390. The lowest BCUT2D eigenvalue weighted by molar-refractivity contribution is 0.428. The van der Waals surface area contributed by atoms with Gasteiger partial charge in [0.15, 0.2) is 0 Å². The molecule has 3 nitrogen and oxygen atoms in total. The van der Waals surface area contributed by atoms with Crippen molar-refractivity contribution in [2.24, 2.45) is 0 Å². The molecule has 0 saturated heterocycles. The zero-order chi connectivity index (χ0) is 10.3. The summed E-state index contributed by atoms with van der Waals surface area (Å²) in [6.07, 6.45) is 1.56. The van der Waals surface area contributed by atoms with E-state index >= 15 is 0 Å². The Morgan fingerprint density at radius 2 is 1.92 bits per heavy atom. The van der Waals surface area contributed by atoms with Crippen LogP contribution in [0.4, 0.5) is 0 Å². The maximum Gasteiger partial charge on any atom is 0.214 e. The SMILES string of the molecule is CCCS(=O)(=O)N(CC)CCCBr. The summed E-state index contributed by atoms with van der Waals surface area (Å²) in [6, 6.07) is 0. The van der Waals surface area contributed by atoms with Gasteiger partial charge in [-0.05, 0) is 12.8 Å². The fourth-order valence-electron chi connectivity index (χ4n) is 1.12. The zero-order valence-corrected chi connectivity index (χ0v) is 10.7. The zero-order valence-electron chi connectivity index (χ0n) is 8.29. The fraction of sp³-hybridized carbons (Fsp3) is 1.00. The van der Waals surface area contributed by atoms with Crippen LogP contribution in [0.15, 0.2) is 0 Å². The smallest absolute Gasteiger partial charge is 0.212 e. The summed E-state index contributed by atoms with van der Waals surface area (Å²) >= 11 is 3.29. The van der Waals surface area contributed by atoms with E-state index in [0.717, 1.165) is 11.8 Å². The molecule has 0 fully saturated rings. The van der Waals surface area contributed by atoms with Crippen LogP contribution in [-0.4, -0.2) is 36.9 Å². The molecule has 0 unspecified atom stereocenters. The van der Waals surface area contributed by atoms with Gasteiger partial charge in [-0.15, -0.1) is 0 Å². The van der Waals surface area contributed by atoms with E-state index < -0.39 is 10.0 Å². The van der Waals surface area contributed by atoms with Crippen LogP contribution in [0.25, 0.3) is 0 Å². The third kappa shape index (κ3) is 4.98. The van der Waals surface area contributed by atoms with E-state index in [1.807, 2.05) is 13.8 Å². The lowest BCUT2D eigenvalue weighted by Gasteiger charge is -2.19. The van der Waals surface area contributed by atoms with Gasteiger partial charge in [-0.25, -0.2) is 12.7 Å². The molecule has 5 heteroatoms. The Labute approximate surface area is 89.7 Å². The van der Waals surface area contributed by atoms with Crippen molar-refractivity contribution in [2.45, 2.75) is 26.7 Å².